The van der Waals surface area contributed by atoms with Gasteiger partial charge in [0.2, 0.25) is 5.91 Å². The van der Waals surface area contributed by atoms with E-state index in [1.165, 1.54) is 19.2 Å². The summed E-state index contributed by atoms with van der Waals surface area (Å²) in [6.07, 6.45) is 1.41. The van der Waals surface area contributed by atoms with Gasteiger partial charge in [0.1, 0.15) is 5.69 Å². The zero-order valence-electron chi connectivity index (χ0n) is 6.24. The quantitative estimate of drug-likeness (QED) is 0.799. The molecule has 12 heavy (non-hydrogen) atoms. The monoisotopic (exact) mass is 231 g/mol. The first-order valence-corrected chi connectivity index (χ1v) is 3.94. The Kier molecular flexibility index (Phi) is 2.32. The van der Waals surface area contributed by atoms with Crippen LogP contribution in [0.4, 0.5) is 0 Å². The maximum absolute atomic E-state index is 10.9. The number of carboxylic acid groups (broad SMARTS) is 1. The van der Waals surface area contributed by atoms with E-state index in [9.17, 15) is 9.59 Å². The van der Waals surface area contributed by atoms with Gasteiger partial charge in [-0.05, 0) is 22.0 Å². The number of hydrogen-bond donors (Lipinski definition) is 1. The number of carboxylic acids is 1. The van der Waals surface area contributed by atoms with Crippen LogP contribution in [0.5, 0.6) is 0 Å². The standard InChI is InChI=1S/C7H6BrNO3/c1-4(10)9-3-2-5(8)6(9)7(11)12/h2-3H,1H3,(H,11,12). The van der Waals surface area contributed by atoms with E-state index in [1.807, 2.05) is 0 Å². The molecule has 0 aliphatic heterocycles. The SMILES string of the molecule is CC(=O)n1ccc(Br)c1C(=O)O. The molecule has 1 aromatic rings. The lowest BCUT2D eigenvalue weighted by molar-refractivity contribution is 0.0674. The first-order chi connectivity index (χ1) is 5.54. The molecule has 0 spiro atoms. The molecule has 0 amide bonds. The average Bonchev–Trinajstić information content (AvgIpc) is 2.30. The van der Waals surface area contributed by atoms with Gasteiger partial charge in [-0.3, -0.25) is 9.36 Å². The number of carbonyl (C=O) groups excluding carboxylic acids is 1. The fraction of sp³-hybridized carbons (Fsp3) is 0.143. The Balaban J connectivity index is 3.31. The van der Waals surface area contributed by atoms with Crippen LogP contribution in [-0.4, -0.2) is 21.6 Å². The van der Waals surface area contributed by atoms with E-state index in [4.69, 9.17) is 5.11 Å². The summed E-state index contributed by atoms with van der Waals surface area (Å²) in [6, 6.07) is 1.52. The highest BCUT2D eigenvalue weighted by molar-refractivity contribution is 9.10. The van der Waals surface area contributed by atoms with E-state index in [0.29, 0.717) is 4.47 Å². The van der Waals surface area contributed by atoms with Crippen molar-refractivity contribution in [1.29, 1.82) is 0 Å². The number of rotatable bonds is 1. The lowest BCUT2D eigenvalue weighted by Gasteiger charge is -1.99. The number of aromatic nitrogens is 1. The van der Waals surface area contributed by atoms with Crippen LogP contribution in [0.1, 0.15) is 22.2 Å². The van der Waals surface area contributed by atoms with Crippen molar-refractivity contribution in [2.24, 2.45) is 0 Å². The minimum Gasteiger partial charge on any atom is -0.477 e. The second-order valence-corrected chi connectivity index (χ2v) is 3.06. The summed E-state index contributed by atoms with van der Waals surface area (Å²) in [5.74, 6) is -1.44. The van der Waals surface area contributed by atoms with Crippen molar-refractivity contribution >= 4 is 27.8 Å². The van der Waals surface area contributed by atoms with Crippen LogP contribution in [0.2, 0.25) is 0 Å². The summed E-state index contributed by atoms with van der Waals surface area (Å²) in [5, 5.41) is 8.68. The lowest BCUT2D eigenvalue weighted by atomic mass is 10.4. The van der Waals surface area contributed by atoms with E-state index < -0.39 is 5.97 Å². The van der Waals surface area contributed by atoms with E-state index in [0.717, 1.165) is 4.57 Å². The van der Waals surface area contributed by atoms with Crippen molar-refractivity contribution in [3.63, 3.8) is 0 Å². The Bertz CT molecular complexity index is 342. The topological polar surface area (TPSA) is 59.3 Å². The third-order valence-corrected chi connectivity index (χ3v) is 2.02. The highest BCUT2D eigenvalue weighted by Crippen LogP contribution is 2.17. The minimum atomic E-state index is -1.12. The molecular weight excluding hydrogens is 226 g/mol. The average molecular weight is 232 g/mol. The van der Waals surface area contributed by atoms with Crippen molar-refractivity contribution in [2.45, 2.75) is 6.92 Å². The molecule has 64 valence electrons. The van der Waals surface area contributed by atoms with E-state index in [2.05, 4.69) is 15.9 Å². The number of carbonyl (C=O) groups is 2. The zero-order valence-corrected chi connectivity index (χ0v) is 7.83. The molecule has 0 radical (unpaired) electrons. The van der Waals surface area contributed by atoms with Crippen LogP contribution in [0, 0.1) is 0 Å². The van der Waals surface area contributed by atoms with Crippen molar-refractivity contribution in [2.75, 3.05) is 0 Å². The predicted octanol–water partition coefficient (Wildman–Crippen LogP) is 1.61. The highest BCUT2D eigenvalue weighted by Gasteiger charge is 2.16. The minimum absolute atomic E-state index is 0.0394. The molecule has 0 aliphatic rings. The Morgan fingerprint density at radius 3 is 2.50 bits per heavy atom. The van der Waals surface area contributed by atoms with Crippen LogP contribution in [0.15, 0.2) is 16.7 Å². The first kappa shape index (κ1) is 8.99. The molecule has 0 aliphatic carbocycles. The van der Waals surface area contributed by atoms with Crippen LogP contribution in [-0.2, 0) is 0 Å². The largest absolute Gasteiger partial charge is 0.477 e. The summed E-state index contributed by atoms with van der Waals surface area (Å²) in [7, 11) is 0. The summed E-state index contributed by atoms with van der Waals surface area (Å²) >= 11 is 3.03. The van der Waals surface area contributed by atoms with Gasteiger partial charge < -0.3 is 5.11 Å². The molecule has 0 fully saturated rings. The van der Waals surface area contributed by atoms with Gasteiger partial charge >= 0.3 is 5.97 Å². The Morgan fingerprint density at radius 1 is 1.58 bits per heavy atom. The molecule has 0 unspecified atom stereocenters. The summed E-state index contributed by atoms with van der Waals surface area (Å²) in [4.78, 5) is 21.5. The zero-order chi connectivity index (χ0) is 9.30. The van der Waals surface area contributed by atoms with E-state index >= 15 is 0 Å². The van der Waals surface area contributed by atoms with Gasteiger partial charge in [-0.25, -0.2) is 4.79 Å². The van der Waals surface area contributed by atoms with Crippen molar-refractivity contribution < 1.29 is 14.7 Å². The van der Waals surface area contributed by atoms with Gasteiger partial charge in [-0.15, -0.1) is 0 Å². The van der Waals surface area contributed by atoms with Crippen LogP contribution in [0.3, 0.4) is 0 Å². The number of aromatic carboxylic acids is 1. The van der Waals surface area contributed by atoms with Gasteiger partial charge in [-0.1, -0.05) is 0 Å². The highest BCUT2D eigenvalue weighted by atomic mass is 79.9. The summed E-state index contributed by atoms with van der Waals surface area (Å²) in [5.41, 5.74) is -0.0394. The molecule has 0 saturated heterocycles. The van der Waals surface area contributed by atoms with Crippen molar-refractivity contribution in [3.05, 3.63) is 22.4 Å². The lowest BCUT2D eigenvalue weighted by Crippen LogP contribution is -2.13. The van der Waals surface area contributed by atoms with Gasteiger partial charge in [0, 0.05) is 13.1 Å². The summed E-state index contributed by atoms with van der Waals surface area (Å²) < 4.78 is 1.48. The van der Waals surface area contributed by atoms with E-state index in [1.54, 1.807) is 0 Å². The molecule has 5 heteroatoms. The Labute approximate surface area is 76.9 Å². The molecule has 0 saturated carbocycles. The number of nitrogens with zero attached hydrogens (tertiary/aromatic N) is 1. The second-order valence-electron chi connectivity index (χ2n) is 2.21. The molecule has 1 N–H and O–H groups in total. The molecule has 4 nitrogen and oxygen atoms in total. The van der Waals surface area contributed by atoms with Crippen LogP contribution < -0.4 is 0 Å². The molecule has 1 rings (SSSR count). The van der Waals surface area contributed by atoms with Crippen molar-refractivity contribution in [1.82, 2.24) is 4.57 Å². The summed E-state index contributed by atoms with van der Waals surface area (Å²) in [6.45, 7) is 1.30. The number of halogens is 1. The molecule has 0 atom stereocenters. The van der Waals surface area contributed by atoms with Gasteiger partial charge in [0.15, 0.2) is 0 Å². The third-order valence-electron chi connectivity index (χ3n) is 1.38. The van der Waals surface area contributed by atoms with Gasteiger partial charge in [0.05, 0.1) is 4.47 Å². The molecular formula is C7H6BrNO3. The van der Waals surface area contributed by atoms with Crippen LogP contribution in [0.25, 0.3) is 0 Å². The second kappa shape index (κ2) is 3.10. The third kappa shape index (κ3) is 1.40. The van der Waals surface area contributed by atoms with E-state index in [-0.39, 0.29) is 11.6 Å². The molecule has 1 heterocycles. The molecule has 0 aromatic carbocycles. The fourth-order valence-corrected chi connectivity index (χ4v) is 1.35. The predicted molar refractivity (Wildman–Crippen MR) is 45.4 cm³/mol. The maximum Gasteiger partial charge on any atom is 0.354 e. The maximum atomic E-state index is 10.9. The van der Waals surface area contributed by atoms with Gasteiger partial charge in [0.25, 0.3) is 0 Å². The molecule has 1 aromatic heterocycles. The Morgan fingerprint density at radius 2 is 2.17 bits per heavy atom. The Hall–Kier alpha value is -1.10. The van der Waals surface area contributed by atoms with Gasteiger partial charge in [-0.2, -0.15) is 0 Å². The smallest absolute Gasteiger partial charge is 0.354 e. The molecule has 0 bridgehead atoms. The first-order valence-electron chi connectivity index (χ1n) is 3.15. The number of hydrogen-bond acceptors (Lipinski definition) is 2. The van der Waals surface area contributed by atoms with Crippen molar-refractivity contribution in [3.8, 4) is 0 Å². The fourth-order valence-electron chi connectivity index (χ4n) is 0.876. The van der Waals surface area contributed by atoms with Crippen LogP contribution >= 0.6 is 15.9 Å². The normalized spacial score (nSPS) is 9.83.